The standard InChI is InChI=1S/C16H15N3O2/c1-21-13-6-4-5-12(9-13)10-18-16(20)14-11-17-15-7-2-3-8-19(14)15/h2-9,11H,10H2,1H3,(H,18,20). The van der Waals surface area contributed by atoms with Gasteiger partial charge in [-0.25, -0.2) is 4.98 Å². The topological polar surface area (TPSA) is 55.6 Å². The number of carbonyl (C=O) groups is 1. The van der Waals surface area contributed by atoms with E-state index in [1.54, 1.807) is 17.7 Å². The molecule has 0 aliphatic heterocycles. The maximum absolute atomic E-state index is 12.2. The first-order chi connectivity index (χ1) is 10.3. The van der Waals surface area contributed by atoms with Crippen molar-refractivity contribution >= 4 is 11.6 Å². The van der Waals surface area contributed by atoms with Crippen molar-refractivity contribution < 1.29 is 9.53 Å². The lowest BCUT2D eigenvalue weighted by atomic mass is 10.2. The molecule has 0 saturated carbocycles. The Bertz CT molecular complexity index is 780. The van der Waals surface area contributed by atoms with Crippen LogP contribution in [0.15, 0.2) is 54.9 Å². The number of hydrogen-bond acceptors (Lipinski definition) is 3. The number of nitrogens with one attached hydrogen (secondary N) is 1. The molecule has 2 aromatic heterocycles. The van der Waals surface area contributed by atoms with E-state index in [9.17, 15) is 4.79 Å². The average Bonchev–Trinajstić information content (AvgIpc) is 2.97. The first-order valence-corrected chi connectivity index (χ1v) is 6.61. The summed E-state index contributed by atoms with van der Waals surface area (Å²) in [5.41, 5.74) is 2.26. The molecule has 1 N–H and O–H groups in total. The third-order valence-electron chi connectivity index (χ3n) is 3.24. The number of methoxy groups -OCH3 is 1. The highest BCUT2D eigenvalue weighted by atomic mass is 16.5. The molecule has 0 saturated heterocycles. The van der Waals surface area contributed by atoms with Crippen LogP contribution in [0, 0.1) is 0 Å². The summed E-state index contributed by atoms with van der Waals surface area (Å²) >= 11 is 0. The predicted octanol–water partition coefficient (Wildman–Crippen LogP) is 2.27. The van der Waals surface area contributed by atoms with Crippen LogP contribution in [0.5, 0.6) is 5.75 Å². The lowest BCUT2D eigenvalue weighted by molar-refractivity contribution is 0.0945. The first-order valence-electron chi connectivity index (χ1n) is 6.61. The molecule has 5 heteroatoms. The number of benzene rings is 1. The number of rotatable bonds is 4. The van der Waals surface area contributed by atoms with E-state index in [4.69, 9.17) is 4.74 Å². The van der Waals surface area contributed by atoms with Crippen molar-refractivity contribution in [1.82, 2.24) is 14.7 Å². The Morgan fingerprint density at radius 2 is 2.19 bits per heavy atom. The van der Waals surface area contributed by atoms with Crippen molar-refractivity contribution in [2.75, 3.05) is 7.11 Å². The van der Waals surface area contributed by atoms with Crippen LogP contribution in [0.1, 0.15) is 16.1 Å². The summed E-state index contributed by atoms with van der Waals surface area (Å²) in [6, 6.07) is 13.2. The molecule has 3 rings (SSSR count). The lowest BCUT2D eigenvalue weighted by Crippen LogP contribution is -2.24. The fourth-order valence-corrected chi connectivity index (χ4v) is 2.16. The number of ether oxygens (including phenoxy) is 1. The van der Waals surface area contributed by atoms with E-state index in [-0.39, 0.29) is 5.91 Å². The lowest BCUT2D eigenvalue weighted by Gasteiger charge is -2.06. The van der Waals surface area contributed by atoms with Gasteiger partial charge in [-0.1, -0.05) is 18.2 Å². The molecule has 3 aromatic rings. The number of aromatic nitrogens is 2. The van der Waals surface area contributed by atoms with E-state index in [1.165, 1.54) is 0 Å². The second-order valence-electron chi connectivity index (χ2n) is 4.61. The number of fused-ring (bicyclic) bond motifs is 1. The number of carbonyl (C=O) groups excluding carboxylic acids is 1. The molecule has 0 aliphatic carbocycles. The fourth-order valence-electron chi connectivity index (χ4n) is 2.16. The van der Waals surface area contributed by atoms with Gasteiger partial charge in [0, 0.05) is 12.7 Å². The second-order valence-corrected chi connectivity index (χ2v) is 4.61. The van der Waals surface area contributed by atoms with E-state index < -0.39 is 0 Å². The molecule has 0 atom stereocenters. The van der Waals surface area contributed by atoms with E-state index in [1.807, 2.05) is 48.7 Å². The van der Waals surface area contributed by atoms with Gasteiger partial charge < -0.3 is 10.1 Å². The summed E-state index contributed by atoms with van der Waals surface area (Å²) in [5, 5.41) is 2.89. The van der Waals surface area contributed by atoms with Gasteiger partial charge >= 0.3 is 0 Å². The molecule has 0 fully saturated rings. The molecule has 0 radical (unpaired) electrons. The summed E-state index contributed by atoms with van der Waals surface area (Å²) in [7, 11) is 1.62. The zero-order valence-corrected chi connectivity index (χ0v) is 11.6. The largest absolute Gasteiger partial charge is 0.497 e. The highest BCUT2D eigenvalue weighted by molar-refractivity contribution is 5.93. The van der Waals surface area contributed by atoms with Gasteiger partial charge in [0.1, 0.15) is 17.1 Å². The highest BCUT2D eigenvalue weighted by Crippen LogP contribution is 2.12. The van der Waals surface area contributed by atoms with Gasteiger partial charge in [-0.3, -0.25) is 9.20 Å². The van der Waals surface area contributed by atoms with Crippen molar-refractivity contribution in [3.05, 3.63) is 66.1 Å². The SMILES string of the molecule is COc1cccc(CNC(=O)c2cnc3ccccn23)c1. The second kappa shape index (κ2) is 5.66. The van der Waals surface area contributed by atoms with Gasteiger partial charge in [-0.15, -0.1) is 0 Å². The average molecular weight is 281 g/mol. The Labute approximate surface area is 122 Å². The number of amides is 1. The Balaban J connectivity index is 1.74. The van der Waals surface area contributed by atoms with E-state index >= 15 is 0 Å². The molecule has 0 bridgehead atoms. The van der Waals surface area contributed by atoms with Crippen LogP contribution in [0.4, 0.5) is 0 Å². The van der Waals surface area contributed by atoms with Crippen molar-refractivity contribution in [2.24, 2.45) is 0 Å². The third kappa shape index (κ3) is 2.72. The van der Waals surface area contributed by atoms with E-state index in [0.717, 1.165) is 17.0 Å². The molecule has 0 spiro atoms. The monoisotopic (exact) mass is 281 g/mol. The Kier molecular flexibility index (Phi) is 3.55. The zero-order valence-electron chi connectivity index (χ0n) is 11.6. The molecule has 1 amide bonds. The van der Waals surface area contributed by atoms with E-state index in [2.05, 4.69) is 10.3 Å². The molecular formula is C16H15N3O2. The Morgan fingerprint density at radius 1 is 1.29 bits per heavy atom. The van der Waals surface area contributed by atoms with Crippen LogP contribution in [0.3, 0.4) is 0 Å². The predicted molar refractivity (Wildman–Crippen MR) is 79.4 cm³/mol. The van der Waals surface area contributed by atoms with Crippen LogP contribution >= 0.6 is 0 Å². The molecule has 0 unspecified atom stereocenters. The van der Waals surface area contributed by atoms with Crippen LogP contribution in [0.2, 0.25) is 0 Å². The minimum atomic E-state index is -0.156. The molecule has 106 valence electrons. The number of nitrogens with zero attached hydrogens (tertiary/aromatic N) is 2. The van der Waals surface area contributed by atoms with Gasteiger partial charge in [-0.05, 0) is 29.8 Å². The third-order valence-corrected chi connectivity index (χ3v) is 3.24. The maximum atomic E-state index is 12.2. The molecule has 5 nitrogen and oxygen atoms in total. The minimum absolute atomic E-state index is 0.156. The smallest absolute Gasteiger partial charge is 0.270 e. The van der Waals surface area contributed by atoms with Gasteiger partial charge in [0.15, 0.2) is 0 Å². The Hall–Kier alpha value is -2.82. The van der Waals surface area contributed by atoms with Crippen LogP contribution in [0.25, 0.3) is 5.65 Å². The first kappa shape index (κ1) is 13.2. The van der Waals surface area contributed by atoms with Gasteiger partial charge in [-0.2, -0.15) is 0 Å². The van der Waals surface area contributed by atoms with Crippen LogP contribution in [-0.2, 0) is 6.54 Å². The highest BCUT2D eigenvalue weighted by Gasteiger charge is 2.11. The van der Waals surface area contributed by atoms with Crippen molar-refractivity contribution in [2.45, 2.75) is 6.54 Å². The fraction of sp³-hybridized carbons (Fsp3) is 0.125. The summed E-state index contributed by atoms with van der Waals surface area (Å²) in [6.07, 6.45) is 3.40. The summed E-state index contributed by atoms with van der Waals surface area (Å²) in [4.78, 5) is 16.4. The van der Waals surface area contributed by atoms with Crippen molar-refractivity contribution in [3.63, 3.8) is 0 Å². The van der Waals surface area contributed by atoms with Gasteiger partial charge in [0.2, 0.25) is 0 Å². The molecule has 2 heterocycles. The summed E-state index contributed by atoms with van der Waals surface area (Å²) in [5.74, 6) is 0.619. The molecule has 0 aliphatic rings. The van der Waals surface area contributed by atoms with Gasteiger partial charge in [0.05, 0.1) is 13.3 Å². The van der Waals surface area contributed by atoms with Gasteiger partial charge in [0.25, 0.3) is 5.91 Å². The van der Waals surface area contributed by atoms with Crippen LogP contribution < -0.4 is 10.1 Å². The number of pyridine rings is 1. The maximum Gasteiger partial charge on any atom is 0.270 e. The molecular weight excluding hydrogens is 266 g/mol. The molecule has 1 aromatic carbocycles. The molecule has 21 heavy (non-hydrogen) atoms. The number of imidazole rings is 1. The van der Waals surface area contributed by atoms with Crippen molar-refractivity contribution in [1.29, 1.82) is 0 Å². The normalized spacial score (nSPS) is 10.5. The quantitative estimate of drug-likeness (QED) is 0.798. The van der Waals surface area contributed by atoms with Crippen LogP contribution in [-0.4, -0.2) is 22.4 Å². The summed E-state index contributed by atoms with van der Waals surface area (Å²) < 4.78 is 6.93. The Morgan fingerprint density at radius 3 is 3.05 bits per heavy atom. The van der Waals surface area contributed by atoms with Crippen molar-refractivity contribution in [3.8, 4) is 5.75 Å². The van der Waals surface area contributed by atoms with E-state index in [0.29, 0.717) is 12.2 Å². The number of hydrogen-bond donors (Lipinski definition) is 1. The summed E-state index contributed by atoms with van der Waals surface area (Å²) in [6.45, 7) is 0.441. The zero-order chi connectivity index (χ0) is 14.7. The minimum Gasteiger partial charge on any atom is -0.497 e.